The SMILES string of the molecule is O=S(=O)(C=C[n+]1ccn(CCCCS(=O)(=O)C(F)(F)F)c1)C(F)(F)F. The molecule has 0 spiro atoms. The summed E-state index contributed by atoms with van der Waals surface area (Å²) in [6.45, 7) is 0.0975. The number of hydrogen-bond acceptors (Lipinski definition) is 4. The van der Waals surface area contributed by atoms with E-state index in [0.29, 0.717) is 6.20 Å². The van der Waals surface area contributed by atoms with Crippen LogP contribution >= 0.6 is 0 Å². The Hall–Kier alpha value is -1.57. The van der Waals surface area contributed by atoms with Crippen LogP contribution in [0.1, 0.15) is 12.8 Å². The van der Waals surface area contributed by atoms with E-state index < -0.39 is 36.4 Å². The molecule has 1 heterocycles. The van der Waals surface area contributed by atoms with Crippen LogP contribution in [0, 0.1) is 0 Å². The minimum atomic E-state index is -5.42. The number of sulfone groups is 2. The first-order valence-electron chi connectivity index (χ1n) is 6.51. The molecule has 0 atom stereocenters. The van der Waals surface area contributed by atoms with Crippen molar-refractivity contribution in [3.05, 3.63) is 24.1 Å². The van der Waals surface area contributed by atoms with Gasteiger partial charge in [0, 0.05) is 0 Å². The fourth-order valence-corrected chi connectivity index (χ4v) is 2.83. The summed E-state index contributed by atoms with van der Waals surface area (Å²) >= 11 is 0. The molecule has 0 N–H and O–H groups in total. The van der Waals surface area contributed by atoms with Gasteiger partial charge < -0.3 is 0 Å². The Morgan fingerprint density at radius 3 is 2.08 bits per heavy atom. The lowest BCUT2D eigenvalue weighted by atomic mass is 10.3. The fourth-order valence-electron chi connectivity index (χ4n) is 1.56. The maximum Gasteiger partial charge on any atom is 0.501 e. The summed E-state index contributed by atoms with van der Waals surface area (Å²) in [5.41, 5.74) is -10.7. The number of hydrogen-bond donors (Lipinski definition) is 0. The van der Waals surface area contributed by atoms with Crippen LogP contribution in [0.3, 0.4) is 0 Å². The van der Waals surface area contributed by atoms with Crippen molar-refractivity contribution in [1.82, 2.24) is 4.57 Å². The number of halogens is 6. The van der Waals surface area contributed by atoms with Crippen LogP contribution in [0.4, 0.5) is 26.3 Å². The van der Waals surface area contributed by atoms with E-state index >= 15 is 0 Å². The molecule has 0 bridgehead atoms. The van der Waals surface area contributed by atoms with E-state index in [2.05, 4.69) is 0 Å². The second kappa shape index (κ2) is 7.35. The van der Waals surface area contributed by atoms with Gasteiger partial charge in [-0.05, 0) is 12.8 Å². The zero-order chi connectivity index (χ0) is 19.5. The fraction of sp³-hybridized carbons (Fsp3) is 0.545. The molecule has 0 aliphatic rings. The quantitative estimate of drug-likeness (QED) is 0.387. The molecule has 0 unspecified atom stereocenters. The first-order valence-corrected chi connectivity index (χ1v) is 9.71. The highest BCUT2D eigenvalue weighted by Crippen LogP contribution is 2.25. The molecule has 1 aromatic rings. The van der Waals surface area contributed by atoms with E-state index in [1.54, 1.807) is 0 Å². The molecular weight excluding hydrogens is 402 g/mol. The van der Waals surface area contributed by atoms with Gasteiger partial charge in [-0.3, -0.25) is 0 Å². The highest BCUT2D eigenvalue weighted by Gasteiger charge is 2.45. The molecule has 1 aromatic heterocycles. The molecule has 25 heavy (non-hydrogen) atoms. The third kappa shape index (κ3) is 6.02. The van der Waals surface area contributed by atoms with E-state index in [0.717, 1.165) is 4.57 Å². The van der Waals surface area contributed by atoms with Gasteiger partial charge in [0.25, 0.3) is 9.84 Å². The van der Waals surface area contributed by atoms with E-state index in [9.17, 15) is 43.2 Å². The summed E-state index contributed by atoms with van der Waals surface area (Å²) in [6, 6.07) is 0. The smallest absolute Gasteiger partial charge is 0.236 e. The van der Waals surface area contributed by atoms with Gasteiger partial charge in [-0.2, -0.15) is 26.3 Å². The molecular formula is C11H13F6N2O4S2+. The summed E-state index contributed by atoms with van der Waals surface area (Å²) in [5.74, 6) is -1.07. The lowest BCUT2D eigenvalue weighted by Crippen LogP contribution is -2.26. The maximum atomic E-state index is 12.1. The summed E-state index contributed by atoms with van der Waals surface area (Å²) in [5, 5.41) is -0.0345. The van der Waals surface area contributed by atoms with Crippen LogP contribution in [0.5, 0.6) is 0 Å². The maximum absolute atomic E-state index is 12.1. The van der Waals surface area contributed by atoms with E-state index in [1.165, 1.54) is 23.3 Å². The monoisotopic (exact) mass is 415 g/mol. The molecule has 144 valence electrons. The Morgan fingerprint density at radius 2 is 1.56 bits per heavy atom. The largest absolute Gasteiger partial charge is 0.501 e. The van der Waals surface area contributed by atoms with Gasteiger partial charge in [-0.15, -0.1) is 0 Å². The van der Waals surface area contributed by atoms with Crippen molar-refractivity contribution in [3.63, 3.8) is 0 Å². The average molecular weight is 415 g/mol. The number of unbranched alkanes of at least 4 members (excludes halogenated alkanes) is 1. The summed E-state index contributed by atoms with van der Waals surface area (Å²) in [7, 11) is -10.6. The van der Waals surface area contributed by atoms with Crippen LogP contribution in [-0.4, -0.2) is 38.2 Å². The second-order valence-electron chi connectivity index (χ2n) is 4.85. The van der Waals surface area contributed by atoms with Crippen LogP contribution < -0.4 is 4.57 Å². The summed E-state index contributed by atoms with van der Waals surface area (Å²) in [4.78, 5) is 0. The Morgan fingerprint density at radius 1 is 0.960 bits per heavy atom. The van der Waals surface area contributed by atoms with E-state index in [1.807, 2.05) is 0 Å². The normalized spacial score (nSPS) is 14.3. The number of rotatable bonds is 7. The Bertz CT molecular complexity index is 821. The number of aryl methyl sites for hydroxylation is 1. The second-order valence-corrected chi connectivity index (χ2v) is 8.77. The van der Waals surface area contributed by atoms with Crippen molar-refractivity contribution in [2.24, 2.45) is 0 Å². The number of imidazole rings is 1. The van der Waals surface area contributed by atoms with Gasteiger partial charge in [0.15, 0.2) is 0 Å². The first kappa shape index (κ1) is 21.5. The van der Waals surface area contributed by atoms with Gasteiger partial charge in [0.2, 0.25) is 16.2 Å². The molecule has 0 aromatic carbocycles. The minimum absolute atomic E-state index is 0.0345. The zero-order valence-electron chi connectivity index (χ0n) is 12.3. The molecule has 0 amide bonds. The topological polar surface area (TPSA) is 77.1 Å². The molecule has 0 aliphatic heterocycles. The molecule has 0 radical (unpaired) electrons. The van der Waals surface area contributed by atoms with Crippen LogP contribution in [0.2, 0.25) is 0 Å². The predicted octanol–water partition coefficient (Wildman–Crippen LogP) is 1.85. The molecule has 0 saturated carbocycles. The first-order chi connectivity index (χ1) is 11.2. The van der Waals surface area contributed by atoms with Crippen molar-refractivity contribution in [2.75, 3.05) is 5.75 Å². The van der Waals surface area contributed by atoms with Crippen molar-refractivity contribution >= 4 is 25.9 Å². The van der Waals surface area contributed by atoms with Crippen molar-refractivity contribution in [1.29, 1.82) is 0 Å². The van der Waals surface area contributed by atoms with Gasteiger partial charge in [-0.1, -0.05) is 0 Å². The Labute approximate surface area is 139 Å². The standard InChI is InChI=1S/C11H13F6N2O4S2/c12-10(13,14)24(20,21)7-2-1-3-18-4-5-19(9-18)6-8-25(22,23)11(15,16)17/h4-6,8-9H,1-3,7H2/q+1. The van der Waals surface area contributed by atoms with Crippen molar-refractivity contribution < 1.29 is 47.7 Å². The third-order valence-corrected chi connectivity index (χ3v) is 5.54. The molecule has 1 rings (SSSR count). The lowest BCUT2D eigenvalue weighted by Gasteiger charge is -2.06. The molecule has 14 heteroatoms. The van der Waals surface area contributed by atoms with Gasteiger partial charge >= 0.3 is 11.0 Å². The van der Waals surface area contributed by atoms with Gasteiger partial charge in [0.1, 0.15) is 18.6 Å². The van der Waals surface area contributed by atoms with Crippen LogP contribution in [0.25, 0.3) is 6.20 Å². The summed E-state index contributed by atoms with van der Waals surface area (Å²) < 4.78 is 118. The molecule has 0 saturated heterocycles. The van der Waals surface area contributed by atoms with Gasteiger partial charge in [-0.25, -0.2) is 26.0 Å². The molecule has 6 nitrogen and oxygen atoms in total. The molecule has 0 aliphatic carbocycles. The molecule has 0 fully saturated rings. The number of alkyl halides is 6. The third-order valence-electron chi connectivity index (χ3n) is 2.88. The lowest BCUT2D eigenvalue weighted by molar-refractivity contribution is -0.567. The van der Waals surface area contributed by atoms with E-state index in [-0.39, 0.29) is 24.8 Å². The average Bonchev–Trinajstić information content (AvgIpc) is 2.87. The predicted molar refractivity (Wildman–Crippen MR) is 74.0 cm³/mol. The van der Waals surface area contributed by atoms with E-state index in [4.69, 9.17) is 0 Å². The number of aromatic nitrogens is 2. The Balaban J connectivity index is 2.58. The summed E-state index contributed by atoms with van der Waals surface area (Å²) in [6.07, 6.45) is 4.19. The van der Waals surface area contributed by atoms with Crippen molar-refractivity contribution in [2.45, 2.75) is 30.4 Å². The highest BCUT2D eigenvalue weighted by atomic mass is 32.2. The highest BCUT2D eigenvalue weighted by molar-refractivity contribution is 7.95. The number of nitrogens with zero attached hydrogens (tertiary/aromatic N) is 2. The van der Waals surface area contributed by atoms with Crippen LogP contribution in [0.15, 0.2) is 24.1 Å². The van der Waals surface area contributed by atoms with Gasteiger partial charge in [0.05, 0.1) is 17.7 Å². The zero-order valence-corrected chi connectivity index (χ0v) is 14.0. The van der Waals surface area contributed by atoms with Crippen molar-refractivity contribution in [3.8, 4) is 0 Å². The van der Waals surface area contributed by atoms with Crippen LogP contribution in [-0.2, 0) is 26.2 Å². The minimum Gasteiger partial charge on any atom is -0.236 e. The Kier molecular flexibility index (Phi) is 6.32.